The summed E-state index contributed by atoms with van der Waals surface area (Å²) in [6.45, 7) is 14.2. The molecule has 0 fully saturated rings. The van der Waals surface area contributed by atoms with Gasteiger partial charge in [-0.1, -0.05) is 31.5 Å². The molecule has 0 aromatic heterocycles. The Kier molecular flexibility index (Phi) is 10.8. The SMILES string of the molecule is CCCC(C)NC(=O)C(c1ccc(C)c(C)c1)N(CCO)C(=O)C(C)NC(=O)OC(C)(C)C. The summed E-state index contributed by atoms with van der Waals surface area (Å²) in [5, 5.41) is 15.2. The lowest BCUT2D eigenvalue weighted by atomic mass is 9.98. The fourth-order valence-corrected chi connectivity index (χ4v) is 3.50. The number of benzene rings is 1. The molecule has 8 nitrogen and oxygen atoms in total. The van der Waals surface area contributed by atoms with Gasteiger partial charge in [0.25, 0.3) is 0 Å². The summed E-state index contributed by atoms with van der Waals surface area (Å²) in [7, 11) is 0. The van der Waals surface area contributed by atoms with Crippen LogP contribution in [-0.4, -0.2) is 58.8 Å². The summed E-state index contributed by atoms with van der Waals surface area (Å²) in [6, 6.07) is 3.63. The van der Waals surface area contributed by atoms with E-state index < -0.39 is 29.7 Å². The number of alkyl carbamates (subject to hydrolysis) is 1. The standard InChI is InChI=1S/C25H41N3O5/c1-9-10-18(4)26-22(30)21(20-12-11-16(2)17(3)15-20)28(13-14-29)23(31)19(5)27-24(32)33-25(6,7)8/h11-12,15,18-19,21,29H,9-10,13-14H2,1-8H3,(H,26,30)(H,27,32). The van der Waals surface area contributed by atoms with Gasteiger partial charge >= 0.3 is 6.09 Å². The minimum atomic E-state index is -0.957. The van der Waals surface area contributed by atoms with Crippen LogP contribution in [0.1, 0.15) is 77.1 Å². The number of nitrogens with one attached hydrogen (secondary N) is 2. The number of carbonyl (C=O) groups is 3. The van der Waals surface area contributed by atoms with Crippen LogP contribution in [-0.2, 0) is 14.3 Å². The van der Waals surface area contributed by atoms with Gasteiger partial charge in [-0.25, -0.2) is 4.79 Å². The van der Waals surface area contributed by atoms with E-state index in [1.165, 1.54) is 11.8 Å². The number of aliphatic hydroxyl groups is 1. The fourth-order valence-electron chi connectivity index (χ4n) is 3.50. The molecule has 0 aliphatic heterocycles. The lowest BCUT2D eigenvalue weighted by Crippen LogP contribution is -2.53. The Morgan fingerprint density at radius 1 is 1.09 bits per heavy atom. The van der Waals surface area contributed by atoms with Crippen LogP contribution in [0.15, 0.2) is 18.2 Å². The van der Waals surface area contributed by atoms with E-state index in [0.717, 1.165) is 24.0 Å². The van der Waals surface area contributed by atoms with Crippen molar-refractivity contribution in [2.45, 2.75) is 92.0 Å². The third-order valence-corrected chi connectivity index (χ3v) is 5.24. The van der Waals surface area contributed by atoms with Gasteiger partial charge in [0.15, 0.2) is 0 Å². The fraction of sp³-hybridized carbons (Fsp3) is 0.640. The van der Waals surface area contributed by atoms with Crippen molar-refractivity contribution in [1.82, 2.24) is 15.5 Å². The molecular formula is C25H41N3O5. The van der Waals surface area contributed by atoms with Crippen molar-refractivity contribution in [1.29, 1.82) is 0 Å². The average Bonchev–Trinajstić information content (AvgIpc) is 2.68. The van der Waals surface area contributed by atoms with Gasteiger partial charge in [-0.2, -0.15) is 0 Å². The third kappa shape index (κ3) is 9.04. The zero-order valence-electron chi connectivity index (χ0n) is 21.3. The van der Waals surface area contributed by atoms with E-state index >= 15 is 0 Å². The number of ether oxygens (including phenoxy) is 1. The number of rotatable bonds is 10. The van der Waals surface area contributed by atoms with E-state index in [-0.39, 0.29) is 25.1 Å². The van der Waals surface area contributed by atoms with Crippen LogP contribution in [0.25, 0.3) is 0 Å². The number of aliphatic hydroxyl groups excluding tert-OH is 1. The minimum Gasteiger partial charge on any atom is -0.444 e. The quantitative estimate of drug-likeness (QED) is 0.493. The number of hydrogen-bond acceptors (Lipinski definition) is 5. The summed E-state index contributed by atoms with van der Waals surface area (Å²) in [6.07, 6.45) is 0.984. The van der Waals surface area contributed by atoms with Crippen molar-refractivity contribution < 1.29 is 24.2 Å². The second-order valence-corrected chi connectivity index (χ2v) is 9.57. The molecule has 0 bridgehead atoms. The van der Waals surface area contributed by atoms with Gasteiger partial charge in [0, 0.05) is 12.6 Å². The van der Waals surface area contributed by atoms with Crippen LogP contribution in [0.4, 0.5) is 4.79 Å². The Balaban J connectivity index is 3.30. The van der Waals surface area contributed by atoms with Gasteiger partial charge in [-0.05, 0) is 71.6 Å². The molecule has 1 aromatic carbocycles. The van der Waals surface area contributed by atoms with Crippen molar-refractivity contribution in [3.8, 4) is 0 Å². The molecule has 0 spiro atoms. The molecule has 0 saturated heterocycles. The van der Waals surface area contributed by atoms with E-state index in [2.05, 4.69) is 10.6 Å². The summed E-state index contributed by atoms with van der Waals surface area (Å²) >= 11 is 0. The zero-order valence-corrected chi connectivity index (χ0v) is 21.3. The molecule has 1 aromatic rings. The van der Waals surface area contributed by atoms with Crippen LogP contribution < -0.4 is 10.6 Å². The van der Waals surface area contributed by atoms with Crippen LogP contribution in [0, 0.1) is 13.8 Å². The van der Waals surface area contributed by atoms with E-state index in [1.54, 1.807) is 20.8 Å². The zero-order chi connectivity index (χ0) is 25.3. The lowest BCUT2D eigenvalue weighted by Gasteiger charge is -2.34. The second-order valence-electron chi connectivity index (χ2n) is 9.57. The predicted octanol–water partition coefficient (Wildman–Crippen LogP) is 3.38. The number of carbonyl (C=O) groups excluding carboxylic acids is 3. The van der Waals surface area contributed by atoms with Gasteiger partial charge in [0.1, 0.15) is 17.7 Å². The van der Waals surface area contributed by atoms with E-state index in [4.69, 9.17) is 4.74 Å². The molecule has 3 atom stereocenters. The highest BCUT2D eigenvalue weighted by Gasteiger charge is 2.35. The normalized spacial score (nSPS) is 14.1. The monoisotopic (exact) mass is 463 g/mol. The first kappa shape index (κ1) is 28.4. The first-order valence-electron chi connectivity index (χ1n) is 11.6. The van der Waals surface area contributed by atoms with Gasteiger partial charge in [-0.3, -0.25) is 9.59 Å². The molecule has 8 heteroatoms. The summed E-state index contributed by atoms with van der Waals surface area (Å²) in [5.74, 6) is -0.818. The molecule has 0 heterocycles. The molecule has 33 heavy (non-hydrogen) atoms. The topological polar surface area (TPSA) is 108 Å². The summed E-state index contributed by atoms with van der Waals surface area (Å²) in [5.41, 5.74) is 1.99. The maximum absolute atomic E-state index is 13.4. The maximum Gasteiger partial charge on any atom is 0.408 e. The average molecular weight is 464 g/mol. The van der Waals surface area contributed by atoms with E-state index in [0.29, 0.717) is 5.56 Å². The van der Waals surface area contributed by atoms with Crippen LogP contribution in [0.5, 0.6) is 0 Å². The number of nitrogens with zero attached hydrogens (tertiary/aromatic N) is 1. The van der Waals surface area contributed by atoms with E-state index in [9.17, 15) is 19.5 Å². The van der Waals surface area contributed by atoms with Crippen molar-refractivity contribution in [3.05, 3.63) is 34.9 Å². The molecular weight excluding hydrogens is 422 g/mol. The molecule has 0 aliphatic carbocycles. The highest BCUT2D eigenvalue weighted by atomic mass is 16.6. The summed E-state index contributed by atoms with van der Waals surface area (Å²) < 4.78 is 5.25. The van der Waals surface area contributed by atoms with Gasteiger partial charge in [0.2, 0.25) is 11.8 Å². The number of hydrogen-bond donors (Lipinski definition) is 3. The predicted molar refractivity (Wildman–Crippen MR) is 129 cm³/mol. The van der Waals surface area contributed by atoms with E-state index in [1.807, 2.05) is 45.9 Å². The first-order chi connectivity index (χ1) is 15.3. The third-order valence-electron chi connectivity index (χ3n) is 5.24. The molecule has 3 N–H and O–H groups in total. The summed E-state index contributed by atoms with van der Waals surface area (Å²) in [4.78, 5) is 40.3. The molecule has 3 unspecified atom stereocenters. The molecule has 0 saturated carbocycles. The Labute approximate surface area is 198 Å². The Hall–Kier alpha value is -2.61. The van der Waals surface area contributed by atoms with Crippen molar-refractivity contribution in [2.75, 3.05) is 13.2 Å². The van der Waals surface area contributed by atoms with Crippen molar-refractivity contribution in [3.63, 3.8) is 0 Å². The highest BCUT2D eigenvalue weighted by molar-refractivity contribution is 5.92. The Morgan fingerprint density at radius 3 is 2.24 bits per heavy atom. The van der Waals surface area contributed by atoms with Gasteiger partial charge in [-0.15, -0.1) is 0 Å². The van der Waals surface area contributed by atoms with Crippen LogP contribution >= 0.6 is 0 Å². The largest absolute Gasteiger partial charge is 0.444 e. The van der Waals surface area contributed by atoms with Gasteiger partial charge in [0.05, 0.1) is 6.61 Å². The first-order valence-corrected chi connectivity index (χ1v) is 11.6. The Bertz CT molecular complexity index is 819. The van der Waals surface area contributed by atoms with Crippen LogP contribution in [0.3, 0.4) is 0 Å². The maximum atomic E-state index is 13.4. The lowest BCUT2D eigenvalue weighted by molar-refractivity contribution is -0.143. The van der Waals surface area contributed by atoms with Gasteiger partial charge < -0.3 is 25.4 Å². The smallest absolute Gasteiger partial charge is 0.408 e. The van der Waals surface area contributed by atoms with Crippen LogP contribution in [0.2, 0.25) is 0 Å². The van der Waals surface area contributed by atoms with Crippen molar-refractivity contribution >= 4 is 17.9 Å². The van der Waals surface area contributed by atoms with Crippen molar-refractivity contribution in [2.24, 2.45) is 0 Å². The number of aryl methyl sites for hydroxylation is 2. The number of amides is 3. The highest BCUT2D eigenvalue weighted by Crippen LogP contribution is 2.25. The molecule has 0 radical (unpaired) electrons. The molecule has 186 valence electrons. The molecule has 1 rings (SSSR count). The molecule has 3 amide bonds. The second kappa shape index (κ2) is 12.6. The molecule has 0 aliphatic rings. The Morgan fingerprint density at radius 2 is 1.73 bits per heavy atom. The minimum absolute atomic E-state index is 0.0632.